The van der Waals surface area contributed by atoms with Gasteiger partial charge in [0.1, 0.15) is 10.4 Å². The van der Waals surface area contributed by atoms with Crippen LogP contribution in [-0.2, 0) is 6.42 Å². The lowest BCUT2D eigenvalue weighted by molar-refractivity contribution is 0.622. The Labute approximate surface area is 119 Å². The minimum atomic E-state index is 0.561. The molecule has 0 atom stereocenters. The molecule has 98 valence electrons. The van der Waals surface area contributed by atoms with E-state index in [-0.39, 0.29) is 0 Å². The second kappa shape index (κ2) is 4.77. The molecule has 0 unspecified atom stereocenters. The van der Waals surface area contributed by atoms with E-state index < -0.39 is 0 Å². The number of benzene rings is 1. The van der Waals surface area contributed by atoms with Crippen LogP contribution >= 0.6 is 15.9 Å². The van der Waals surface area contributed by atoms with Gasteiger partial charge in [0.2, 0.25) is 0 Å². The Morgan fingerprint density at radius 3 is 2.84 bits per heavy atom. The molecular formula is C13H14BrN5. The second-order valence-electron chi connectivity index (χ2n) is 4.97. The van der Waals surface area contributed by atoms with Gasteiger partial charge in [-0.05, 0) is 40.0 Å². The van der Waals surface area contributed by atoms with E-state index in [1.807, 2.05) is 18.2 Å². The molecule has 0 aliphatic rings. The summed E-state index contributed by atoms with van der Waals surface area (Å²) >= 11 is 3.44. The van der Waals surface area contributed by atoms with Crippen LogP contribution in [0, 0.1) is 5.92 Å². The lowest BCUT2D eigenvalue weighted by Crippen LogP contribution is -1.95. The SMILES string of the molecule is CC(C)Cc1nc(-c2ccc3n[nH]c(Br)c3c2)n[nH]1. The first-order chi connectivity index (χ1) is 9.13. The summed E-state index contributed by atoms with van der Waals surface area (Å²) in [6, 6.07) is 5.98. The molecule has 3 rings (SSSR count). The summed E-state index contributed by atoms with van der Waals surface area (Å²) in [5.74, 6) is 2.22. The maximum Gasteiger partial charge on any atom is 0.181 e. The summed E-state index contributed by atoms with van der Waals surface area (Å²) in [6.45, 7) is 4.33. The number of fused-ring (bicyclic) bond motifs is 1. The molecule has 0 aliphatic carbocycles. The van der Waals surface area contributed by atoms with E-state index in [0.29, 0.717) is 5.92 Å². The van der Waals surface area contributed by atoms with Crippen LogP contribution in [0.5, 0.6) is 0 Å². The Morgan fingerprint density at radius 2 is 2.05 bits per heavy atom. The number of nitrogens with zero attached hydrogens (tertiary/aromatic N) is 3. The van der Waals surface area contributed by atoms with Crippen LogP contribution in [0.15, 0.2) is 22.8 Å². The molecule has 0 bridgehead atoms. The van der Waals surface area contributed by atoms with Gasteiger partial charge in [-0.3, -0.25) is 10.2 Å². The first-order valence-electron chi connectivity index (χ1n) is 6.19. The number of H-pyrrole nitrogens is 2. The number of hydrogen-bond donors (Lipinski definition) is 2. The van der Waals surface area contributed by atoms with Gasteiger partial charge in [0.15, 0.2) is 5.82 Å². The highest BCUT2D eigenvalue weighted by molar-refractivity contribution is 9.10. The maximum absolute atomic E-state index is 4.53. The average molecular weight is 320 g/mol. The van der Waals surface area contributed by atoms with Crippen molar-refractivity contribution in [2.45, 2.75) is 20.3 Å². The van der Waals surface area contributed by atoms with Gasteiger partial charge in [0, 0.05) is 17.4 Å². The molecule has 0 saturated heterocycles. The minimum Gasteiger partial charge on any atom is -0.270 e. The van der Waals surface area contributed by atoms with Gasteiger partial charge in [-0.1, -0.05) is 13.8 Å². The number of hydrogen-bond acceptors (Lipinski definition) is 3. The van der Waals surface area contributed by atoms with Gasteiger partial charge in [-0.15, -0.1) is 0 Å². The molecule has 3 aromatic rings. The Hall–Kier alpha value is -1.69. The number of aromatic amines is 2. The fourth-order valence-electron chi connectivity index (χ4n) is 2.02. The molecule has 2 aromatic heterocycles. The highest BCUT2D eigenvalue weighted by Gasteiger charge is 2.10. The van der Waals surface area contributed by atoms with Crippen molar-refractivity contribution in [2.24, 2.45) is 5.92 Å². The monoisotopic (exact) mass is 319 g/mol. The van der Waals surface area contributed by atoms with Crippen molar-refractivity contribution in [2.75, 3.05) is 0 Å². The van der Waals surface area contributed by atoms with Gasteiger partial charge in [0.25, 0.3) is 0 Å². The smallest absolute Gasteiger partial charge is 0.181 e. The van der Waals surface area contributed by atoms with Gasteiger partial charge >= 0.3 is 0 Å². The predicted octanol–water partition coefficient (Wildman–Crippen LogP) is 3.31. The lowest BCUT2D eigenvalue weighted by atomic mass is 10.1. The molecule has 0 spiro atoms. The Balaban J connectivity index is 1.99. The zero-order valence-corrected chi connectivity index (χ0v) is 12.3. The summed E-state index contributed by atoms with van der Waals surface area (Å²) in [5, 5.41) is 15.4. The van der Waals surface area contributed by atoms with E-state index in [1.165, 1.54) is 0 Å². The number of aromatic nitrogens is 5. The third kappa shape index (κ3) is 2.40. The number of nitrogens with one attached hydrogen (secondary N) is 2. The van der Waals surface area contributed by atoms with E-state index in [1.54, 1.807) is 0 Å². The zero-order valence-electron chi connectivity index (χ0n) is 10.7. The molecule has 0 saturated carbocycles. The maximum atomic E-state index is 4.53. The van der Waals surface area contributed by atoms with Crippen molar-refractivity contribution in [1.29, 1.82) is 0 Å². The van der Waals surface area contributed by atoms with Crippen molar-refractivity contribution >= 4 is 26.8 Å². The largest absolute Gasteiger partial charge is 0.270 e. The highest BCUT2D eigenvalue weighted by atomic mass is 79.9. The van der Waals surface area contributed by atoms with Gasteiger partial charge in [-0.2, -0.15) is 10.2 Å². The van der Waals surface area contributed by atoms with Crippen LogP contribution in [0.4, 0.5) is 0 Å². The van der Waals surface area contributed by atoms with Crippen molar-refractivity contribution in [1.82, 2.24) is 25.4 Å². The molecular weight excluding hydrogens is 306 g/mol. The molecule has 5 nitrogen and oxygen atoms in total. The molecule has 2 heterocycles. The van der Waals surface area contributed by atoms with Crippen LogP contribution in [0.1, 0.15) is 19.7 Å². The van der Waals surface area contributed by atoms with E-state index in [9.17, 15) is 0 Å². The van der Waals surface area contributed by atoms with Crippen molar-refractivity contribution < 1.29 is 0 Å². The van der Waals surface area contributed by atoms with Crippen molar-refractivity contribution in [3.05, 3.63) is 28.6 Å². The van der Waals surface area contributed by atoms with Crippen LogP contribution in [0.2, 0.25) is 0 Å². The minimum absolute atomic E-state index is 0.561. The molecule has 0 aliphatic heterocycles. The third-order valence-electron chi connectivity index (χ3n) is 2.90. The number of rotatable bonds is 3. The van der Waals surface area contributed by atoms with Crippen LogP contribution in [0.25, 0.3) is 22.3 Å². The van der Waals surface area contributed by atoms with Gasteiger partial charge in [0.05, 0.1) is 5.52 Å². The van der Waals surface area contributed by atoms with Gasteiger partial charge in [-0.25, -0.2) is 4.98 Å². The Morgan fingerprint density at radius 1 is 1.21 bits per heavy atom. The summed E-state index contributed by atoms with van der Waals surface area (Å²) in [6.07, 6.45) is 0.907. The molecule has 2 N–H and O–H groups in total. The van der Waals surface area contributed by atoms with Crippen molar-refractivity contribution in [3.8, 4) is 11.4 Å². The zero-order chi connectivity index (χ0) is 13.4. The summed E-state index contributed by atoms with van der Waals surface area (Å²) in [7, 11) is 0. The quantitative estimate of drug-likeness (QED) is 0.778. The van der Waals surface area contributed by atoms with E-state index >= 15 is 0 Å². The molecule has 6 heteroatoms. The highest BCUT2D eigenvalue weighted by Crippen LogP contribution is 2.25. The van der Waals surface area contributed by atoms with Crippen LogP contribution in [0.3, 0.4) is 0 Å². The Bertz CT molecular complexity index is 713. The topological polar surface area (TPSA) is 70.2 Å². The average Bonchev–Trinajstić information content (AvgIpc) is 2.96. The fraction of sp³-hybridized carbons (Fsp3) is 0.308. The first-order valence-corrected chi connectivity index (χ1v) is 6.98. The lowest BCUT2D eigenvalue weighted by Gasteiger charge is -1.98. The molecule has 1 aromatic carbocycles. The summed E-state index contributed by atoms with van der Waals surface area (Å²) in [5.41, 5.74) is 1.91. The second-order valence-corrected chi connectivity index (χ2v) is 5.77. The molecule has 0 radical (unpaired) electrons. The summed E-state index contributed by atoms with van der Waals surface area (Å²) < 4.78 is 0.877. The summed E-state index contributed by atoms with van der Waals surface area (Å²) in [4.78, 5) is 4.53. The standard InChI is InChI=1S/C13H14BrN5/c1-7(2)5-11-15-13(19-17-11)8-3-4-10-9(6-8)12(14)18-16-10/h3-4,6-7H,5H2,1-2H3,(H,16,18)(H,15,17,19). The van der Waals surface area contributed by atoms with E-state index in [4.69, 9.17) is 0 Å². The van der Waals surface area contributed by atoms with Crippen molar-refractivity contribution in [3.63, 3.8) is 0 Å². The Kier molecular flexibility index (Phi) is 3.10. The first kappa shape index (κ1) is 12.3. The molecule has 0 fully saturated rings. The van der Waals surface area contributed by atoms with E-state index in [2.05, 4.69) is 55.2 Å². The number of halogens is 1. The van der Waals surface area contributed by atoms with Crippen LogP contribution in [-0.4, -0.2) is 25.4 Å². The normalized spacial score (nSPS) is 11.6. The fourth-order valence-corrected chi connectivity index (χ4v) is 2.43. The predicted molar refractivity (Wildman–Crippen MR) is 77.7 cm³/mol. The van der Waals surface area contributed by atoms with Gasteiger partial charge < -0.3 is 0 Å². The molecule has 0 amide bonds. The van der Waals surface area contributed by atoms with Crippen LogP contribution < -0.4 is 0 Å². The third-order valence-corrected chi connectivity index (χ3v) is 3.50. The van der Waals surface area contributed by atoms with E-state index in [0.717, 1.165) is 39.1 Å². The molecule has 19 heavy (non-hydrogen) atoms.